The standard InChI is InChI=1S/C25H27N3O4/c1-5-20-15(3)11-19(12-16(20)4)26-25(31)27-22-14-18-10-8-7-9-17(18)13-21(22)24(30)28-32-23(29)6-2/h7-14H,5-6H2,1-4H3,(H,28,30)(H2,26,27,31). The molecule has 3 amide bonds. The Morgan fingerprint density at radius 3 is 2.09 bits per heavy atom. The molecule has 0 heterocycles. The Morgan fingerprint density at radius 1 is 0.875 bits per heavy atom. The van der Waals surface area contributed by atoms with Gasteiger partial charge >= 0.3 is 12.0 Å². The van der Waals surface area contributed by atoms with Crippen LogP contribution >= 0.6 is 0 Å². The van der Waals surface area contributed by atoms with Crippen LogP contribution in [0.15, 0.2) is 48.5 Å². The zero-order chi connectivity index (χ0) is 23.3. The number of urea groups is 1. The minimum absolute atomic E-state index is 0.126. The highest BCUT2D eigenvalue weighted by molar-refractivity contribution is 6.09. The number of aryl methyl sites for hydroxylation is 2. The van der Waals surface area contributed by atoms with Crippen LogP contribution < -0.4 is 16.1 Å². The van der Waals surface area contributed by atoms with Crippen LogP contribution in [-0.4, -0.2) is 17.9 Å². The van der Waals surface area contributed by atoms with E-state index in [1.165, 1.54) is 5.56 Å². The van der Waals surface area contributed by atoms with Gasteiger partial charge in [0.1, 0.15) is 0 Å². The zero-order valence-corrected chi connectivity index (χ0v) is 18.7. The quantitative estimate of drug-likeness (QED) is 0.478. The molecule has 0 atom stereocenters. The van der Waals surface area contributed by atoms with Gasteiger partial charge < -0.3 is 15.5 Å². The van der Waals surface area contributed by atoms with E-state index in [1.807, 2.05) is 50.2 Å². The zero-order valence-electron chi connectivity index (χ0n) is 18.7. The maximum atomic E-state index is 12.7. The fourth-order valence-electron chi connectivity index (χ4n) is 3.67. The summed E-state index contributed by atoms with van der Waals surface area (Å²) in [5.74, 6) is -1.19. The maximum absolute atomic E-state index is 12.7. The number of carbonyl (C=O) groups excluding carboxylic acids is 3. The Kier molecular flexibility index (Phi) is 7.10. The lowest BCUT2D eigenvalue weighted by Crippen LogP contribution is -2.28. The average molecular weight is 434 g/mol. The number of carbonyl (C=O) groups is 3. The van der Waals surface area contributed by atoms with Crippen molar-refractivity contribution in [1.29, 1.82) is 0 Å². The van der Waals surface area contributed by atoms with E-state index in [9.17, 15) is 14.4 Å². The first-order chi connectivity index (χ1) is 15.3. The van der Waals surface area contributed by atoms with Gasteiger partial charge in [-0.15, -0.1) is 0 Å². The van der Waals surface area contributed by atoms with Crippen LogP contribution in [0.2, 0.25) is 0 Å². The summed E-state index contributed by atoms with van der Waals surface area (Å²) < 4.78 is 0. The predicted octanol–water partition coefficient (Wildman–Crippen LogP) is 5.26. The van der Waals surface area contributed by atoms with E-state index < -0.39 is 17.9 Å². The van der Waals surface area contributed by atoms with Crippen molar-refractivity contribution in [3.8, 4) is 0 Å². The van der Waals surface area contributed by atoms with Crippen LogP contribution in [0.3, 0.4) is 0 Å². The summed E-state index contributed by atoms with van der Waals surface area (Å²) in [6.45, 7) is 7.74. The molecule has 0 fully saturated rings. The number of rotatable bonds is 5. The van der Waals surface area contributed by atoms with Crippen molar-refractivity contribution in [3.63, 3.8) is 0 Å². The Morgan fingerprint density at radius 2 is 1.50 bits per heavy atom. The third-order valence-electron chi connectivity index (χ3n) is 5.23. The van der Waals surface area contributed by atoms with Crippen LogP contribution in [0.25, 0.3) is 10.8 Å². The number of amides is 3. The SMILES string of the molecule is CCC(=O)ONC(=O)c1cc2ccccc2cc1NC(=O)Nc1cc(C)c(CC)c(C)c1. The van der Waals surface area contributed by atoms with Crippen molar-refractivity contribution in [2.24, 2.45) is 0 Å². The molecule has 0 unspecified atom stereocenters. The van der Waals surface area contributed by atoms with Gasteiger partial charge in [-0.2, -0.15) is 5.48 Å². The number of hydrogen-bond acceptors (Lipinski definition) is 4. The second kappa shape index (κ2) is 9.96. The van der Waals surface area contributed by atoms with Gasteiger partial charge in [0, 0.05) is 12.1 Å². The van der Waals surface area contributed by atoms with Crippen LogP contribution in [0.4, 0.5) is 16.2 Å². The van der Waals surface area contributed by atoms with Gasteiger partial charge in [-0.3, -0.25) is 4.79 Å². The van der Waals surface area contributed by atoms with Crippen molar-refractivity contribution >= 4 is 40.1 Å². The number of hydroxylamine groups is 1. The average Bonchev–Trinajstić information content (AvgIpc) is 2.76. The summed E-state index contributed by atoms with van der Waals surface area (Å²) in [7, 11) is 0. The molecule has 3 aromatic carbocycles. The summed E-state index contributed by atoms with van der Waals surface area (Å²) in [6.07, 6.45) is 1.05. The second-order valence-electron chi connectivity index (χ2n) is 7.53. The van der Waals surface area contributed by atoms with Crippen LogP contribution in [-0.2, 0) is 16.1 Å². The number of nitrogens with one attached hydrogen (secondary N) is 3. The van der Waals surface area contributed by atoms with E-state index in [2.05, 4.69) is 23.0 Å². The number of hydrogen-bond donors (Lipinski definition) is 3. The van der Waals surface area contributed by atoms with Gasteiger partial charge in [-0.1, -0.05) is 38.1 Å². The summed E-state index contributed by atoms with van der Waals surface area (Å²) >= 11 is 0. The summed E-state index contributed by atoms with van der Waals surface area (Å²) in [6, 6.07) is 14.2. The van der Waals surface area contributed by atoms with Crippen molar-refractivity contribution < 1.29 is 19.2 Å². The Balaban J connectivity index is 1.87. The van der Waals surface area contributed by atoms with Gasteiger partial charge in [0.15, 0.2) is 0 Å². The van der Waals surface area contributed by atoms with Crippen molar-refractivity contribution in [2.45, 2.75) is 40.5 Å². The van der Waals surface area contributed by atoms with Gasteiger partial charge in [0.2, 0.25) is 0 Å². The largest absolute Gasteiger partial charge is 0.341 e. The Bertz CT molecular complexity index is 1160. The monoisotopic (exact) mass is 433 g/mol. The molecule has 0 aliphatic carbocycles. The summed E-state index contributed by atoms with van der Waals surface area (Å²) in [5.41, 5.74) is 6.75. The number of benzene rings is 3. The minimum atomic E-state index is -0.633. The molecule has 0 aliphatic heterocycles. The molecule has 0 spiro atoms. The lowest BCUT2D eigenvalue weighted by Gasteiger charge is -2.15. The molecule has 0 aromatic heterocycles. The van der Waals surface area contributed by atoms with Crippen LogP contribution in [0, 0.1) is 13.8 Å². The lowest BCUT2D eigenvalue weighted by molar-refractivity contribution is -0.148. The van der Waals surface area contributed by atoms with Crippen molar-refractivity contribution in [3.05, 3.63) is 70.8 Å². The van der Waals surface area contributed by atoms with E-state index >= 15 is 0 Å². The van der Waals surface area contributed by atoms with E-state index in [-0.39, 0.29) is 12.0 Å². The molecule has 3 aromatic rings. The third-order valence-corrected chi connectivity index (χ3v) is 5.23. The first-order valence-electron chi connectivity index (χ1n) is 10.5. The fourth-order valence-corrected chi connectivity index (χ4v) is 3.67. The lowest BCUT2D eigenvalue weighted by atomic mass is 10.00. The second-order valence-corrected chi connectivity index (χ2v) is 7.53. The highest BCUT2D eigenvalue weighted by Crippen LogP contribution is 2.25. The van der Waals surface area contributed by atoms with Gasteiger partial charge in [-0.05, 0) is 72.0 Å². The molecule has 7 heteroatoms. The molecule has 3 rings (SSSR count). The highest BCUT2D eigenvalue weighted by Gasteiger charge is 2.17. The topological polar surface area (TPSA) is 96.5 Å². The van der Waals surface area contributed by atoms with Gasteiger partial charge in [-0.25, -0.2) is 9.59 Å². The molecule has 7 nitrogen and oxygen atoms in total. The minimum Gasteiger partial charge on any atom is -0.341 e. The smallest absolute Gasteiger partial charge is 0.331 e. The normalized spacial score (nSPS) is 10.5. The van der Waals surface area contributed by atoms with Crippen LogP contribution in [0.5, 0.6) is 0 Å². The molecular weight excluding hydrogens is 406 g/mol. The number of fused-ring (bicyclic) bond motifs is 1. The Hall–Kier alpha value is -3.87. The van der Waals surface area contributed by atoms with Crippen molar-refractivity contribution in [1.82, 2.24) is 5.48 Å². The highest BCUT2D eigenvalue weighted by atomic mass is 16.7. The first-order valence-corrected chi connectivity index (χ1v) is 10.5. The molecule has 0 saturated carbocycles. The molecule has 3 N–H and O–H groups in total. The molecule has 0 bridgehead atoms. The Labute approximate surface area is 187 Å². The van der Waals surface area contributed by atoms with E-state index in [0.717, 1.165) is 28.3 Å². The fraction of sp³-hybridized carbons (Fsp3) is 0.240. The third kappa shape index (κ3) is 5.24. The van der Waals surface area contributed by atoms with E-state index in [1.54, 1.807) is 19.1 Å². The first kappa shape index (κ1) is 22.8. The van der Waals surface area contributed by atoms with Gasteiger partial charge in [0.25, 0.3) is 5.91 Å². The molecular formula is C25H27N3O4. The molecule has 0 aliphatic rings. The molecule has 32 heavy (non-hydrogen) atoms. The van der Waals surface area contributed by atoms with E-state index in [4.69, 9.17) is 4.84 Å². The summed E-state index contributed by atoms with van der Waals surface area (Å²) in [5, 5.41) is 7.24. The molecule has 0 radical (unpaired) electrons. The van der Waals surface area contributed by atoms with Crippen LogP contribution in [0.1, 0.15) is 47.3 Å². The van der Waals surface area contributed by atoms with Gasteiger partial charge in [0.05, 0.1) is 11.3 Å². The number of anilines is 2. The molecule has 0 saturated heterocycles. The maximum Gasteiger partial charge on any atom is 0.331 e. The molecule has 166 valence electrons. The van der Waals surface area contributed by atoms with Crippen molar-refractivity contribution in [2.75, 3.05) is 10.6 Å². The predicted molar refractivity (Wildman–Crippen MR) is 126 cm³/mol. The summed E-state index contributed by atoms with van der Waals surface area (Å²) in [4.78, 5) is 41.6. The van der Waals surface area contributed by atoms with E-state index in [0.29, 0.717) is 11.4 Å².